The number of halogens is 1. The molecule has 2 aromatic rings. The highest BCUT2D eigenvalue weighted by atomic mass is 19.1. The standard InChI is InChI=1S/C14H15FN4O2/c1-9-11(18-13(20)14(21)7-16-8-14)6-17-19(9)12-5-3-2-4-10(12)15/h2-6,16,21H,7-8H2,1H3,(H,18,20). The van der Waals surface area contributed by atoms with Crippen molar-refractivity contribution >= 4 is 11.6 Å². The van der Waals surface area contributed by atoms with Crippen LogP contribution in [0.4, 0.5) is 10.1 Å². The number of rotatable bonds is 3. The van der Waals surface area contributed by atoms with Gasteiger partial charge in [0.1, 0.15) is 11.5 Å². The van der Waals surface area contributed by atoms with Gasteiger partial charge in [-0.05, 0) is 19.1 Å². The van der Waals surface area contributed by atoms with E-state index in [1.165, 1.54) is 16.9 Å². The van der Waals surface area contributed by atoms with E-state index in [9.17, 15) is 14.3 Å². The fraction of sp³-hybridized carbons (Fsp3) is 0.286. The number of nitrogens with zero attached hydrogens (tertiary/aromatic N) is 2. The maximum atomic E-state index is 13.8. The molecule has 0 aliphatic carbocycles. The van der Waals surface area contributed by atoms with E-state index >= 15 is 0 Å². The van der Waals surface area contributed by atoms with Gasteiger partial charge in [-0.15, -0.1) is 0 Å². The predicted molar refractivity (Wildman–Crippen MR) is 74.7 cm³/mol. The van der Waals surface area contributed by atoms with Gasteiger partial charge in [-0.2, -0.15) is 5.10 Å². The second-order valence-electron chi connectivity index (χ2n) is 5.10. The molecule has 6 nitrogen and oxygen atoms in total. The summed E-state index contributed by atoms with van der Waals surface area (Å²) in [5, 5.41) is 19.5. The van der Waals surface area contributed by atoms with Crippen molar-refractivity contribution < 1.29 is 14.3 Å². The van der Waals surface area contributed by atoms with Crippen molar-refractivity contribution in [3.05, 3.63) is 42.0 Å². The third-order valence-corrected chi connectivity index (χ3v) is 3.60. The van der Waals surface area contributed by atoms with E-state index in [4.69, 9.17) is 0 Å². The summed E-state index contributed by atoms with van der Waals surface area (Å²) in [6.45, 7) is 2.16. The summed E-state index contributed by atoms with van der Waals surface area (Å²) in [4.78, 5) is 12.0. The van der Waals surface area contributed by atoms with Crippen LogP contribution in [-0.2, 0) is 4.79 Å². The Bertz CT molecular complexity index is 694. The molecule has 21 heavy (non-hydrogen) atoms. The van der Waals surface area contributed by atoms with Gasteiger partial charge in [0.15, 0.2) is 5.60 Å². The van der Waals surface area contributed by atoms with Crippen molar-refractivity contribution in [2.75, 3.05) is 18.4 Å². The van der Waals surface area contributed by atoms with Crippen molar-refractivity contribution in [1.29, 1.82) is 0 Å². The lowest BCUT2D eigenvalue weighted by Gasteiger charge is -2.35. The quantitative estimate of drug-likeness (QED) is 0.773. The molecule has 110 valence electrons. The molecule has 0 saturated carbocycles. The van der Waals surface area contributed by atoms with Crippen LogP contribution in [0.3, 0.4) is 0 Å². The van der Waals surface area contributed by atoms with Gasteiger partial charge in [-0.25, -0.2) is 9.07 Å². The molecular formula is C14H15FN4O2. The lowest BCUT2D eigenvalue weighted by Crippen LogP contribution is -2.65. The lowest BCUT2D eigenvalue weighted by atomic mass is 9.96. The van der Waals surface area contributed by atoms with E-state index in [1.54, 1.807) is 25.1 Å². The molecule has 1 fully saturated rings. The predicted octanol–water partition coefficient (Wildman–Crippen LogP) is 0.593. The van der Waals surface area contributed by atoms with Gasteiger partial charge in [0.2, 0.25) is 0 Å². The van der Waals surface area contributed by atoms with E-state index in [1.807, 2.05) is 0 Å². The number of hydrogen-bond donors (Lipinski definition) is 3. The van der Waals surface area contributed by atoms with Crippen LogP contribution < -0.4 is 10.6 Å². The minimum Gasteiger partial charge on any atom is -0.377 e. The van der Waals surface area contributed by atoms with Gasteiger partial charge in [-0.3, -0.25) is 4.79 Å². The Labute approximate surface area is 120 Å². The smallest absolute Gasteiger partial charge is 0.259 e. The Morgan fingerprint density at radius 2 is 2.19 bits per heavy atom. The number of nitrogens with one attached hydrogen (secondary N) is 2. The summed E-state index contributed by atoms with van der Waals surface area (Å²) < 4.78 is 15.2. The number of amides is 1. The van der Waals surface area contributed by atoms with E-state index in [0.717, 1.165) is 0 Å². The minimum absolute atomic E-state index is 0.222. The molecule has 0 spiro atoms. The summed E-state index contributed by atoms with van der Waals surface area (Å²) in [6, 6.07) is 6.25. The van der Waals surface area contributed by atoms with Gasteiger partial charge >= 0.3 is 0 Å². The number of aliphatic hydroxyl groups is 1. The van der Waals surface area contributed by atoms with Crippen molar-refractivity contribution in [3.63, 3.8) is 0 Å². The maximum Gasteiger partial charge on any atom is 0.259 e. The Hall–Kier alpha value is -2.25. The van der Waals surface area contributed by atoms with Crippen molar-refractivity contribution in [3.8, 4) is 5.69 Å². The number of hydrogen-bond acceptors (Lipinski definition) is 4. The van der Waals surface area contributed by atoms with Gasteiger partial charge < -0.3 is 15.7 Å². The summed E-state index contributed by atoms with van der Waals surface area (Å²) in [5.74, 6) is -0.888. The highest BCUT2D eigenvalue weighted by Gasteiger charge is 2.42. The molecule has 7 heteroatoms. The molecule has 3 N–H and O–H groups in total. The van der Waals surface area contributed by atoms with E-state index in [2.05, 4.69) is 15.7 Å². The van der Waals surface area contributed by atoms with Crippen LogP contribution in [0.25, 0.3) is 5.69 Å². The van der Waals surface area contributed by atoms with E-state index < -0.39 is 17.3 Å². The van der Waals surface area contributed by atoms with E-state index in [0.29, 0.717) is 17.1 Å². The molecular weight excluding hydrogens is 275 g/mol. The van der Waals surface area contributed by atoms with Crippen molar-refractivity contribution in [2.24, 2.45) is 0 Å². The van der Waals surface area contributed by atoms with E-state index in [-0.39, 0.29) is 13.1 Å². The van der Waals surface area contributed by atoms with Crippen LogP contribution in [0.1, 0.15) is 5.69 Å². The zero-order valence-electron chi connectivity index (χ0n) is 11.4. The average molecular weight is 290 g/mol. The minimum atomic E-state index is -1.38. The summed E-state index contributed by atoms with van der Waals surface area (Å²) in [7, 11) is 0. The first-order valence-electron chi connectivity index (χ1n) is 6.55. The largest absolute Gasteiger partial charge is 0.377 e. The highest BCUT2D eigenvalue weighted by Crippen LogP contribution is 2.22. The summed E-state index contributed by atoms with van der Waals surface area (Å²) >= 11 is 0. The Morgan fingerprint density at radius 3 is 2.81 bits per heavy atom. The molecule has 1 aliphatic rings. The Morgan fingerprint density at radius 1 is 1.48 bits per heavy atom. The molecule has 0 bridgehead atoms. The van der Waals surface area contributed by atoms with Crippen LogP contribution in [-0.4, -0.2) is 39.5 Å². The summed E-state index contributed by atoms with van der Waals surface area (Å²) in [5.41, 5.74) is -0.0422. The Kier molecular flexibility index (Phi) is 3.23. The van der Waals surface area contributed by atoms with Gasteiger partial charge in [0, 0.05) is 13.1 Å². The molecule has 1 saturated heterocycles. The van der Waals surface area contributed by atoms with Gasteiger partial charge in [-0.1, -0.05) is 12.1 Å². The molecule has 1 aromatic heterocycles. The fourth-order valence-electron chi connectivity index (χ4n) is 2.16. The number of carbonyl (C=O) groups excluding carboxylic acids is 1. The number of aromatic nitrogens is 2. The van der Waals surface area contributed by atoms with Crippen LogP contribution in [0.5, 0.6) is 0 Å². The number of benzene rings is 1. The SMILES string of the molecule is Cc1c(NC(=O)C2(O)CNC2)cnn1-c1ccccc1F. The first kappa shape index (κ1) is 13.7. The number of β-amino-alcohol motifs (C(OH)–C–C–N with tert-alkyl or cyclic N) is 1. The first-order chi connectivity index (χ1) is 10.0. The lowest BCUT2D eigenvalue weighted by molar-refractivity contribution is -0.138. The molecule has 0 atom stereocenters. The second-order valence-corrected chi connectivity index (χ2v) is 5.10. The van der Waals surface area contributed by atoms with Gasteiger partial charge in [0.05, 0.1) is 17.6 Å². The number of para-hydroxylation sites is 1. The Balaban J connectivity index is 1.86. The zero-order valence-corrected chi connectivity index (χ0v) is 11.4. The monoisotopic (exact) mass is 290 g/mol. The van der Waals surface area contributed by atoms with Gasteiger partial charge in [0.25, 0.3) is 5.91 Å². The maximum absolute atomic E-state index is 13.8. The molecule has 1 amide bonds. The van der Waals surface area contributed by atoms with Crippen LogP contribution in [0.2, 0.25) is 0 Å². The topological polar surface area (TPSA) is 79.2 Å². The zero-order chi connectivity index (χ0) is 15.0. The fourth-order valence-corrected chi connectivity index (χ4v) is 2.16. The average Bonchev–Trinajstić information content (AvgIpc) is 2.78. The van der Waals surface area contributed by atoms with Crippen molar-refractivity contribution in [1.82, 2.24) is 15.1 Å². The molecule has 0 unspecified atom stereocenters. The number of anilines is 1. The van der Waals surface area contributed by atoms with Crippen LogP contribution in [0.15, 0.2) is 30.5 Å². The molecule has 3 rings (SSSR count). The molecule has 2 heterocycles. The molecule has 0 radical (unpaired) electrons. The molecule has 1 aromatic carbocycles. The highest BCUT2D eigenvalue weighted by molar-refractivity contribution is 5.98. The molecule has 1 aliphatic heterocycles. The van der Waals surface area contributed by atoms with Crippen LogP contribution >= 0.6 is 0 Å². The normalized spacial score (nSPS) is 16.3. The third-order valence-electron chi connectivity index (χ3n) is 3.60. The third kappa shape index (κ3) is 2.30. The second kappa shape index (κ2) is 4.94. The van der Waals surface area contributed by atoms with Crippen molar-refractivity contribution in [2.45, 2.75) is 12.5 Å². The first-order valence-corrected chi connectivity index (χ1v) is 6.55. The van der Waals surface area contributed by atoms with Crippen LogP contribution in [0, 0.1) is 12.7 Å². The number of carbonyl (C=O) groups is 1. The summed E-state index contributed by atoms with van der Waals surface area (Å²) in [6.07, 6.45) is 1.44.